The standard InChI is InChI=1S/C15H18ClNOS2/c1-9-15(20-7-6-19-9)13(17-2)12-8-10-4-3-5-11(16)14(10)18-12/h3-5,8-9,13,15,17H,6-7H2,1-2H3. The minimum Gasteiger partial charge on any atom is -0.458 e. The maximum Gasteiger partial charge on any atom is 0.152 e. The highest BCUT2D eigenvalue weighted by molar-refractivity contribution is 8.07. The first-order valence-corrected chi connectivity index (χ1v) is 9.26. The minimum atomic E-state index is 0.228. The molecule has 1 fully saturated rings. The van der Waals surface area contributed by atoms with E-state index in [0.717, 1.165) is 16.7 Å². The van der Waals surface area contributed by atoms with Gasteiger partial charge in [-0.25, -0.2) is 0 Å². The molecule has 2 heterocycles. The van der Waals surface area contributed by atoms with Crippen LogP contribution in [-0.2, 0) is 0 Å². The maximum atomic E-state index is 6.21. The zero-order valence-corrected chi connectivity index (χ0v) is 13.9. The van der Waals surface area contributed by atoms with Crippen molar-refractivity contribution < 1.29 is 4.42 Å². The van der Waals surface area contributed by atoms with Gasteiger partial charge in [-0.1, -0.05) is 30.7 Å². The fourth-order valence-corrected chi connectivity index (χ4v) is 5.87. The van der Waals surface area contributed by atoms with E-state index >= 15 is 0 Å². The SMILES string of the molecule is CNC(c1cc2cccc(Cl)c2o1)C1SCCSC1C. The molecular weight excluding hydrogens is 310 g/mol. The van der Waals surface area contributed by atoms with Crippen LogP contribution in [0.15, 0.2) is 28.7 Å². The largest absolute Gasteiger partial charge is 0.458 e. The average molecular weight is 328 g/mol. The highest BCUT2D eigenvalue weighted by atomic mass is 35.5. The number of hydrogen-bond acceptors (Lipinski definition) is 4. The van der Waals surface area contributed by atoms with Crippen LogP contribution in [0.3, 0.4) is 0 Å². The highest BCUT2D eigenvalue weighted by Crippen LogP contribution is 2.40. The van der Waals surface area contributed by atoms with Crippen molar-refractivity contribution in [3.63, 3.8) is 0 Å². The Morgan fingerprint density at radius 1 is 1.35 bits per heavy atom. The van der Waals surface area contributed by atoms with Gasteiger partial charge in [0.25, 0.3) is 0 Å². The fourth-order valence-electron chi connectivity index (χ4n) is 2.68. The van der Waals surface area contributed by atoms with Gasteiger partial charge < -0.3 is 9.73 Å². The summed E-state index contributed by atoms with van der Waals surface area (Å²) in [6.07, 6.45) is 0. The van der Waals surface area contributed by atoms with Crippen molar-refractivity contribution in [3.8, 4) is 0 Å². The van der Waals surface area contributed by atoms with Crippen LogP contribution in [0.1, 0.15) is 18.7 Å². The molecule has 2 nitrogen and oxygen atoms in total. The molecule has 3 atom stereocenters. The van der Waals surface area contributed by atoms with Crippen LogP contribution in [0.2, 0.25) is 5.02 Å². The summed E-state index contributed by atoms with van der Waals surface area (Å²) >= 11 is 10.3. The van der Waals surface area contributed by atoms with Gasteiger partial charge in [-0.05, 0) is 19.2 Å². The maximum absolute atomic E-state index is 6.21. The van der Waals surface area contributed by atoms with Gasteiger partial charge in [-0.15, -0.1) is 0 Å². The summed E-state index contributed by atoms with van der Waals surface area (Å²) in [5.74, 6) is 3.44. The number of furan rings is 1. The van der Waals surface area contributed by atoms with Gasteiger partial charge >= 0.3 is 0 Å². The van der Waals surface area contributed by atoms with E-state index in [2.05, 4.69) is 18.3 Å². The third kappa shape index (κ3) is 2.71. The van der Waals surface area contributed by atoms with Gasteiger partial charge in [0, 0.05) is 27.4 Å². The molecule has 20 heavy (non-hydrogen) atoms. The van der Waals surface area contributed by atoms with E-state index in [0.29, 0.717) is 15.5 Å². The molecular formula is C15H18ClNOS2. The lowest BCUT2D eigenvalue weighted by Crippen LogP contribution is -2.35. The summed E-state index contributed by atoms with van der Waals surface area (Å²) < 4.78 is 6.04. The monoisotopic (exact) mass is 327 g/mol. The number of nitrogens with one attached hydrogen (secondary N) is 1. The molecule has 0 amide bonds. The normalized spacial score (nSPS) is 24.9. The van der Waals surface area contributed by atoms with Gasteiger partial charge in [0.2, 0.25) is 0 Å². The molecule has 3 unspecified atom stereocenters. The number of para-hydroxylation sites is 1. The third-order valence-corrected chi connectivity index (χ3v) is 7.19. The lowest BCUT2D eigenvalue weighted by atomic mass is 10.1. The van der Waals surface area contributed by atoms with E-state index < -0.39 is 0 Å². The van der Waals surface area contributed by atoms with Crippen LogP contribution in [0.4, 0.5) is 0 Å². The van der Waals surface area contributed by atoms with Crippen molar-refractivity contribution in [2.75, 3.05) is 18.6 Å². The molecule has 0 aliphatic carbocycles. The average Bonchev–Trinajstić information content (AvgIpc) is 2.87. The van der Waals surface area contributed by atoms with E-state index in [9.17, 15) is 0 Å². The second-order valence-electron chi connectivity index (χ2n) is 4.98. The molecule has 1 aliphatic heterocycles. The number of hydrogen-bond donors (Lipinski definition) is 1. The van der Waals surface area contributed by atoms with E-state index in [1.807, 2.05) is 48.8 Å². The topological polar surface area (TPSA) is 25.2 Å². The van der Waals surface area contributed by atoms with E-state index in [1.54, 1.807) is 0 Å². The first-order chi connectivity index (χ1) is 9.70. The molecule has 2 aromatic rings. The number of fused-ring (bicyclic) bond motifs is 1. The van der Waals surface area contributed by atoms with E-state index in [4.69, 9.17) is 16.0 Å². The Bertz CT molecular complexity index is 601. The summed E-state index contributed by atoms with van der Waals surface area (Å²) in [6.45, 7) is 2.31. The van der Waals surface area contributed by atoms with Crippen molar-refractivity contribution in [3.05, 3.63) is 35.0 Å². The summed E-state index contributed by atoms with van der Waals surface area (Å²) in [5.41, 5.74) is 0.797. The second kappa shape index (κ2) is 6.22. The fraction of sp³-hybridized carbons (Fsp3) is 0.467. The Hall–Kier alpha value is -0.290. The van der Waals surface area contributed by atoms with Gasteiger partial charge in [0.05, 0.1) is 11.1 Å². The number of thioether (sulfide) groups is 2. The van der Waals surface area contributed by atoms with Crippen molar-refractivity contribution in [1.29, 1.82) is 0 Å². The zero-order chi connectivity index (χ0) is 14.1. The summed E-state index contributed by atoms with van der Waals surface area (Å²) in [4.78, 5) is 0. The zero-order valence-electron chi connectivity index (χ0n) is 11.6. The van der Waals surface area contributed by atoms with Gasteiger partial charge in [0.15, 0.2) is 5.58 Å². The third-order valence-electron chi connectivity index (χ3n) is 3.70. The van der Waals surface area contributed by atoms with Crippen LogP contribution in [0.5, 0.6) is 0 Å². The lowest BCUT2D eigenvalue weighted by Gasteiger charge is -2.33. The molecule has 0 saturated carbocycles. The highest BCUT2D eigenvalue weighted by Gasteiger charge is 2.32. The molecule has 1 aromatic heterocycles. The van der Waals surface area contributed by atoms with Crippen LogP contribution in [-0.4, -0.2) is 29.1 Å². The molecule has 1 N–H and O–H groups in total. The summed E-state index contributed by atoms with van der Waals surface area (Å²) in [5, 5.41) is 6.33. The lowest BCUT2D eigenvalue weighted by molar-refractivity contribution is 0.440. The van der Waals surface area contributed by atoms with Crippen LogP contribution in [0.25, 0.3) is 11.0 Å². The second-order valence-corrected chi connectivity index (χ2v) is 8.16. The molecule has 108 valence electrons. The molecule has 0 bridgehead atoms. The number of benzene rings is 1. The first-order valence-electron chi connectivity index (χ1n) is 6.79. The van der Waals surface area contributed by atoms with Gasteiger partial charge in [-0.2, -0.15) is 23.5 Å². The number of rotatable bonds is 3. The van der Waals surface area contributed by atoms with Crippen molar-refractivity contribution in [2.24, 2.45) is 0 Å². The molecule has 0 radical (unpaired) electrons. The molecule has 0 spiro atoms. The van der Waals surface area contributed by atoms with Crippen LogP contribution in [0, 0.1) is 0 Å². The van der Waals surface area contributed by atoms with Crippen LogP contribution >= 0.6 is 35.1 Å². The molecule has 5 heteroatoms. The van der Waals surface area contributed by atoms with Gasteiger partial charge in [-0.3, -0.25) is 0 Å². The Labute approximate surface area is 133 Å². The molecule has 1 aliphatic rings. The number of halogens is 1. The van der Waals surface area contributed by atoms with Crippen molar-refractivity contribution in [2.45, 2.75) is 23.5 Å². The quantitative estimate of drug-likeness (QED) is 0.891. The Kier molecular flexibility index (Phi) is 4.55. The summed E-state index contributed by atoms with van der Waals surface area (Å²) in [6, 6.07) is 8.24. The summed E-state index contributed by atoms with van der Waals surface area (Å²) in [7, 11) is 2.01. The van der Waals surface area contributed by atoms with E-state index in [1.165, 1.54) is 11.5 Å². The van der Waals surface area contributed by atoms with Crippen molar-refractivity contribution >= 4 is 46.1 Å². The van der Waals surface area contributed by atoms with Crippen LogP contribution < -0.4 is 5.32 Å². The smallest absolute Gasteiger partial charge is 0.152 e. The molecule has 1 saturated heterocycles. The predicted molar refractivity (Wildman–Crippen MR) is 91.2 cm³/mol. The Morgan fingerprint density at radius 2 is 2.15 bits per heavy atom. The minimum absolute atomic E-state index is 0.228. The van der Waals surface area contributed by atoms with Crippen molar-refractivity contribution in [1.82, 2.24) is 5.32 Å². The van der Waals surface area contributed by atoms with E-state index in [-0.39, 0.29) is 6.04 Å². The molecule has 1 aromatic carbocycles. The molecule has 3 rings (SSSR count). The van der Waals surface area contributed by atoms with Gasteiger partial charge in [0.1, 0.15) is 5.76 Å². The predicted octanol–water partition coefficient (Wildman–Crippen LogP) is 4.58. The Balaban J connectivity index is 1.96. The first kappa shape index (κ1) is 14.6. The Morgan fingerprint density at radius 3 is 2.85 bits per heavy atom.